The van der Waals surface area contributed by atoms with Crippen LogP contribution in [0.2, 0.25) is 0 Å². The molecule has 0 radical (unpaired) electrons. The predicted octanol–water partition coefficient (Wildman–Crippen LogP) is 5.18. The summed E-state index contributed by atoms with van der Waals surface area (Å²) in [6.07, 6.45) is 7.16. The van der Waals surface area contributed by atoms with E-state index in [-0.39, 0.29) is 26.6 Å². The molecule has 1 saturated heterocycles. The van der Waals surface area contributed by atoms with Crippen LogP contribution in [-0.4, -0.2) is 41.0 Å². The number of ketones is 2. The third-order valence-electron chi connectivity index (χ3n) is 5.35. The van der Waals surface area contributed by atoms with Gasteiger partial charge in [-0.1, -0.05) is 6.08 Å². The lowest BCUT2D eigenvalue weighted by molar-refractivity contribution is -0.117. The number of hydrogen-bond donors (Lipinski definition) is 0. The average molecular weight is 466 g/mol. The van der Waals surface area contributed by atoms with Crippen LogP contribution < -0.4 is 9.31 Å². The Kier molecular flexibility index (Phi) is 6.59. The van der Waals surface area contributed by atoms with Crippen molar-refractivity contribution < 1.29 is 18.9 Å². The molecule has 3 aliphatic heterocycles. The Morgan fingerprint density at radius 3 is 2.34 bits per heavy atom. The third kappa shape index (κ3) is 4.25. The van der Waals surface area contributed by atoms with Crippen LogP contribution >= 0.6 is 47.0 Å². The molecule has 4 nitrogen and oxygen atoms in total. The molecule has 29 heavy (non-hydrogen) atoms. The Bertz CT molecular complexity index is 861. The second-order valence-corrected chi connectivity index (χ2v) is 12.4. The van der Waals surface area contributed by atoms with E-state index in [0.29, 0.717) is 16.2 Å². The molecule has 5 atom stereocenters. The van der Waals surface area contributed by atoms with Crippen LogP contribution in [0.15, 0.2) is 24.2 Å². The van der Waals surface area contributed by atoms with Gasteiger partial charge in [-0.25, -0.2) is 0 Å². The highest BCUT2D eigenvalue weighted by atomic mass is 32.2. The number of carbonyl (C=O) groups is 2. The minimum atomic E-state index is -0.465. The maximum absolute atomic E-state index is 12.1. The lowest BCUT2D eigenvalue weighted by Crippen LogP contribution is -2.22. The number of rotatable bonds is 6. The van der Waals surface area contributed by atoms with Gasteiger partial charge in [0.1, 0.15) is 23.1 Å². The summed E-state index contributed by atoms with van der Waals surface area (Å²) in [5, 5.41) is -0.0514. The topological polar surface area (TPSA) is 52.6 Å². The SMILES string of the molecule is CSC1SC(C(C)=O)c2cc3c(cc21)OB(C=CC1CC(C(C)=O)SC1SC)O3. The Hall–Kier alpha value is -0.635. The molecule has 9 heteroatoms. The van der Waals surface area contributed by atoms with E-state index >= 15 is 0 Å². The first kappa shape index (κ1) is 21.6. The van der Waals surface area contributed by atoms with Gasteiger partial charge in [-0.15, -0.1) is 35.3 Å². The molecule has 0 aromatic heterocycles. The molecular weight excluding hydrogens is 443 g/mol. The summed E-state index contributed by atoms with van der Waals surface area (Å²) in [6, 6.07) is 4.02. The van der Waals surface area contributed by atoms with Crippen molar-refractivity contribution in [3.63, 3.8) is 0 Å². The van der Waals surface area contributed by atoms with Crippen LogP contribution in [0.25, 0.3) is 0 Å². The largest absolute Gasteiger partial charge is 0.624 e. The van der Waals surface area contributed by atoms with Gasteiger partial charge < -0.3 is 9.31 Å². The van der Waals surface area contributed by atoms with Gasteiger partial charge >= 0.3 is 7.12 Å². The first-order valence-corrected chi connectivity index (χ1v) is 13.9. The number of carbonyl (C=O) groups excluding carboxylic acids is 2. The summed E-state index contributed by atoms with van der Waals surface area (Å²) in [5.41, 5.74) is 2.21. The number of Topliss-reactive ketones (excluding diaryl/α,β-unsaturated/α-hetero) is 2. The number of allylic oxidation sites excluding steroid dienone is 1. The fourth-order valence-corrected chi connectivity index (χ4v) is 8.93. The highest BCUT2D eigenvalue weighted by molar-refractivity contribution is 8.17. The van der Waals surface area contributed by atoms with Crippen LogP contribution in [0.5, 0.6) is 11.5 Å². The summed E-state index contributed by atoms with van der Waals surface area (Å²) >= 11 is 6.99. The Morgan fingerprint density at radius 1 is 1.07 bits per heavy atom. The fraction of sp³-hybridized carbons (Fsp3) is 0.500. The van der Waals surface area contributed by atoms with Crippen molar-refractivity contribution in [2.24, 2.45) is 5.92 Å². The third-order valence-corrected chi connectivity index (χ3v) is 11.5. The monoisotopic (exact) mass is 466 g/mol. The molecule has 3 heterocycles. The smallest absolute Gasteiger partial charge is 0.520 e. The van der Waals surface area contributed by atoms with E-state index in [0.717, 1.165) is 23.3 Å². The van der Waals surface area contributed by atoms with Gasteiger partial charge in [0.2, 0.25) is 0 Å². The second-order valence-electron chi connectivity index (χ2n) is 7.35. The van der Waals surface area contributed by atoms with E-state index in [1.54, 1.807) is 60.9 Å². The van der Waals surface area contributed by atoms with Gasteiger partial charge in [0.25, 0.3) is 0 Å². The van der Waals surface area contributed by atoms with E-state index < -0.39 is 7.12 Å². The van der Waals surface area contributed by atoms with Crippen molar-refractivity contribution in [3.8, 4) is 11.5 Å². The molecule has 1 aromatic carbocycles. The van der Waals surface area contributed by atoms with E-state index in [1.807, 2.05) is 18.1 Å². The van der Waals surface area contributed by atoms with Gasteiger partial charge in [-0.3, -0.25) is 9.59 Å². The Labute approximate surface area is 189 Å². The van der Waals surface area contributed by atoms with Crippen LogP contribution in [0, 0.1) is 5.92 Å². The molecule has 1 fully saturated rings. The number of fused-ring (bicyclic) bond motifs is 2. The zero-order chi connectivity index (χ0) is 20.7. The summed E-state index contributed by atoms with van der Waals surface area (Å²) in [6.45, 7) is 3.32. The average Bonchev–Trinajstić information content (AvgIpc) is 3.38. The normalized spacial score (nSPS) is 30.2. The molecule has 4 rings (SSSR count). The van der Waals surface area contributed by atoms with Crippen LogP contribution in [-0.2, 0) is 9.59 Å². The summed E-state index contributed by atoms with van der Waals surface area (Å²) in [7, 11) is -0.465. The molecule has 154 valence electrons. The van der Waals surface area contributed by atoms with Gasteiger partial charge in [0.15, 0.2) is 0 Å². The summed E-state index contributed by atoms with van der Waals surface area (Å²) < 4.78 is 12.7. The minimum Gasteiger partial charge on any atom is -0.520 e. The van der Waals surface area contributed by atoms with Gasteiger partial charge in [-0.2, -0.15) is 11.8 Å². The van der Waals surface area contributed by atoms with Crippen molar-refractivity contribution in [2.45, 2.75) is 39.9 Å². The van der Waals surface area contributed by atoms with Crippen LogP contribution in [0.1, 0.15) is 41.2 Å². The number of benzene rings is 1. The van der Waals surface area contributed by atoms with E-state index in [4.69, 9.17) is 9.31 Å². The van der Waals surface area contributed by atoms with Crippen molar-refractivity contribution in [1.82, 2.24) is 0 Å². The Balaban J connectivity index is 1.49. The van der Waals surface area contributed by atoms with E-state index in [2.05, 4.69) is 18.6 Å². The fourth-order valence-electron chi connectivity index (χ4n) is 3.90. The molecule has 3 aliphatic rings. The molecule has 5 unspecified atom stereocenters. The van der Waals surface area contributed by atoms with Crippen LogP contribution in [0.4, 0.5) is 0 Å². The zero-order valence-electron chi connectivity index (χ0n) is 16.7. The standard InChI is InChI=1S/C20H23BO4S4/c1-10(22)17-7-12(19(26-3)28-17)5-6-21-24-15-8-13-14(9-16(15)25-21)20(27-4)29-18(13)11(2)23/h5-6,8-9,12,17-20H,7H2,1-4H3. The highest BCUT2D eigenvalue weighted by Crippen LogP contribution is 2.58. The maximum atomic E-state index is 12.1. The van der Waals surface area contributed by atoms with Gasteiger partial charge in [0, 0.05) is 0 Å². The van der Waals surface area contributed by atoms with E-state index in [1.165, 1.54) is 0 Å². The maximum Gasteiger partial charge on any atom is 0.624 e. The minimum absolute atomic E-state index is 0.0807. The quantitative estimate of drug-likeness (QED) is 0.532. The highest BCUT2D eigenvalue weighted by Gasteiger charge is 2.40. The molecule has 0 amide bonds. The first-order valence-electron chi connectivity index (χ1n) is 9.48. The van der Waals surface area contributed by atoms with Crippen molar-refractivity contribution in [3.05, 3.63) is 35.3 Å². The number of thioether (sulfide) groups is 4. The molecule has 0 N–H and O–H groups in total. The Morgan fingerprint density at radius 2 is 1.76 bits per heavy atom. The summed E-state index contributed by atoms with van der Waals surface area (Å²) in [4.78, 5) is 23.8. The summed E-state index contributed by atoms with van der Waals surface area (Å²) in [5.74, 6) is 4.16. The van der Waals surface area contributed by atoms with Crippen molar-refractivity contribution in [2.75, 3.05) is 12.5 Å². The predicted molar refractivity (Wildman–Crippen MR) is 127 cm³/mol. The first-order chi connectivity index (χ1) is 13.9. The second kappa shape index (κ2) is 8.85. The molecule has 1 aromatic rings. The molecule has 0 bridgehead atoms. The van der Waals surface area contributed by atoms with Crippen molar-refractivity contribution >= 4 is 65.7 Å². The van der Waals surface area contributed by atoms with Gasteiger partial charge in [-0.05, 0) is 67.9 Å². The molecule has 0 spiro atoms. The molecule has 0 aliphatic carbocycles. The lowest BCUT2D eigenvalue weighted by atomic mass is 9.87. The zero-order valence-corrected chi connectivity index (χ0v) is 20.0. The van der Waals surface area contributed by atoms with Gasteiger partial charge in [0.05, 0.1) is 19.7 Å². The van der Waals surface area contributed by atoms with Crippen molar-refractivity contribution in [1.29, 1.82) is 0 Å². The van der Waals surface area contributed by atoms with E-state index in [9.17, 15) is 9.59 Å². The number of hydrogen-bond acceptors (Lipinski definition) is 8. The molecular formula is C20H23BO4S4. The van der Waals surface area contributed by atoms with Crippen LogP contribution in [0.3, 0.4) is 0 Å². The lowest BCUT2D eigenvalue weighted by Gasteiger charge is -2.11. The molecule has 0 saturated carbocycles.